The summed E-state index contributed by atoms with van der Waals surface area (Å²) < 4.78 is 10.7. The Morgan fingerprint density at radius 2 is 2.08 bits per heavy atom. The molecule has 8 heteroatoms. The van der Waals surface area contributed by atoms with Gasteiger partial charge in [0.2, 0.25) is 0 Å². The molecule has 0 spiro atoms. The smallest absolute Gasteiger partial charge is 0.344 e. The molecule has 0 saturated heterocycles. The fraction of sp³-hybridized carbons (Fsp3) is 0.222. The van der Waals surface area contributed by atoms with Gasteiger partial charge in [0.25, 0.3) is 5.69 Å². The summed E-state index contributed by atoms with van der Waals surface area (Å²) in [5, 5.41) is 20.1. The molecule has 2 rings (SSSR count). The van der Waals surface area contributed by atoms with Crippen LogP contribution in [0.15, 0.2) is 41.4 Å². The van der Waals surface area contributed by atoms with Gasteiger partial charge < -0.3 is 14.6 Å². The van der Waals surface area contributed by atoms with Crippen LogP contribution in [0.3, 0.4) is 0 Å². The van der Waals surface area contributed by atoms with Crippen molar-refractivity contribution in [2.24, 2.45) is 4.99 Å². The van der Waals surface area contributed by atoms with E-state index in [1.165, 1.54) is 26.3 Å². The largest absolute Gasteiger partial charge is 0.493 e. The summed E-state index contributed by atoms with van der Waals surface area (Å²) in [5.74, 6) is -0.528. The van der Waals surface area contributed by atoms with Crippen LogP contribution in [0.5, 0.6) is 11.5 Å². The molecule has 0 unspecified atom stereocenters. The van der Waals surface area contributed by atoms with Crippen molar-refractivity contribution in [1.82, 2.24) is 0 Å². The Balaban J connectivity index is 2.40. The number of ether oxygens (including phenoxy) is 2. The third kappa shape index (κ3) is 4.35. The highest BCUT2D eigenvalue weighted by Crippen LogP contribution is 2.32. The number of hydrogen-bond acceptors (Lipinski definition) is 6. The number of rotatable bonds is 7. The summed E-state index contributed by atoms with van der Waals surface area (Å²) >= 11 is 0. The molecular weight excluding hydrogens is 340 g/mol. The normalized spacial score (nSPS) is 12.0. The fourth-order valence-corrected chi connectivity index (χ4v) is 2.17. The lowest BCUT2D eigenvalue weighted by Gasteiger charge is -2.15. The van der Waals surface area contributed by atoms with Crippen LogP contribution in [-0.2, 0) is 4.79 Å². The van der Waals surface area contributed by atoms with Crippen LogP contribution in [0.25, 0.3) is 0 Å². The maximum absolute atomic E-state index is 11.1. The van der Waals surface area contributed by atoms with E-state index >= 15 is 0 Å². The zero-order valence-electron chi connectivity index (χ0n) is 14.5. The predicted molar refractivity (Wildman–Crippen MR) is 95.8 cm³/mol. The van der Waals surface area contributed by atoms with Crippen molar-refractivity contribution in [1.29, 1.82) is 0 Å². The number of aliphatic imine (C=N–C) groups is 1. The summed E-state index contributed by atoms with van der Waals surface area (Å²) in [4.78, 5) is 25.9. The monoisotopic (exact) mass is 358 g/mol. The summed E-state index contributed by atoms with van der Waals surface area (Å²) in [6.07, 6.45) is 0.361. The van der Waals surface area contributed by atoms with Crippen LogP contribution in [0, 0.1) is 17.0 Å². The maximum Gasteiger partial charge on any atom is 0.344 e. The van der Waals surface area contributed by atoms with Crippen LogP contribution in [-0.4, -0.2) is 35.4 Å². The molecule has 8 nitrogen and oxygen atoms in total. The van der Waals surface area contributed by atoms with Crippen molar-refractivity contribution in [3.8, 4) is 11.5 Å². The van der Waals surface area contributed by atoms with Gasteiger partial charge in [0, 0.05) is 23.4 Å². The minimum Gasteiger partial charge on any atom is -0.493 e. The number of aliphatic carboxylic acids is 1. The van der Waals surface area contributed by atoms with Gasteiger partial charge >= 0.3 is 5.97 Å². The van der Waals surface area contributed by atoms with Gasteiger partial charge in [-0.1, -0.05) is 12.1 Å². The minimum atomic E-state index is -1.12. The molecule has 0 fully saturated rings. The van der Waals surface area contributed by atoms with Crippen LogP contribution in [0.4, 0.5) is 11.4 Å². The highest BCUT2D eigenvalue weighted by Gasteiger charge is 2.18. The number of nitrogens with zero attached hydrogens (tertiary/aromatic N) is 2. The zero-order chi connectivity index (χ0) is 19.3. The standard InChI is InChI=1S/C18H18N2O6/c1-11-7-8-14(9-15(11)20(23)24)19-10-13-5-4-6-16(25-3)17(13)26-12(2)18(21)22/h4-10,12H,1-3H3,(H,21,22)/t12-/m0/s1. The van der Waals surface area contributed by atoms with Crippen LogP contribution in [0.2, 0.25) is 0 Å². The van der Waals surface area contributed by atoms with Gasteiger partial charge in [-0.25, -0.2) is 4.79 Å². The minimum absolute atomic E-state index is 0.0266. The van der Waals surface area contributed by atoms with E-state index in [2.05, 4.69) is 4.99 Å². The molecule has 2 aromatic rings. The van der Waals surface area contributed by atoms with E-state index in [0.29, 0.717) is 22.6 Å². The molecule has 0 aromatic heterocycles. The molecule has 0 heterocycles. The number of carbonyl (C=O) groups is 1. The van der Waals surface area contributed by atoms with E-state index in [4.69, 9.17) is 14.6 Å². The number of carboxylic acid groups (broad SMARTS) is 1. The van der Waals surface area contributed by atoms with Gasteiger partial charge in [-0.2, -0.15) is 0 Å². The Kier molecular flexibility index (Phi) is 5.90. The molecule has 0 aliphatic carbocycles. The van der Waals surface area contributed by atoms with Crippen molar-refractivity contribution < 1.29 is 24.3 Å². The molecular formula is C18H18N2O6. The van der Waals surface area contributed by atoms with Gasteiger partial charge in [-0.15, -0.1) is 0 Å². The van der Waals surface area contributed by atoms with E-state index in [0.717, 1.165) is 0 Å². The first kappa shape index (κ1) is 18.9. The molecule has 136 valence electrons. The van der Waals surface area contributed by atoms with Crippen LogP contribution >= 0.6 is 0 Å². The fourth-order valence-electron chi connectivity index (χ4n) is 2.17. The van der Waals surface area contributed by atoms with E-state index in [9.17, 15) is 14.9 Å². The topological polar surface area (TPSA) is 111 Å². The second kappa shape index (κ2) is 8.11. The van der Waals surface area contributed by atoms with Gasteiger partial charge in [0.1, 0.15) is 0 Å². The van der Waals surface area contributed by atoms with Crippen molar-refractivity contribution in [2.75, 3.05) is 7.11 Å². The van der Waals surface area contributed by atoms with E-state index < -0.39 is 17.0 Å². The Labute approximate surface area is 149 Å². The predicted octanol–water partition coefficient (Wildman–Crippen LogP) is 3.51. The highest BCUT2D eigenvalue weighted by atomic mass is 16.6. The zero-order valence-corrected chi connectivity index (χ0v) is 14.5. The van der Waals surface area contributed by atoms with Crippen LogP contribution in [0.1, 0.15) is 18.1 Å². The number of para-hydroxylation sites is 1. The molecule has 2 aromatic carbocycles. The highest BCUT2D eigenvalue weighted by molar-refractivity contribution is 5.87. The van der Waals surface area contributed by atoms with E-state index in [1.54, 1.807) is 37.3 Å². The lowest BCUT2D eigenvalue weighted by atomic mass is 10.1. The number of aryl methyl sites for hydroxylation is 1. The molecule has 0 radical (unpaired) electrons. The molecule has 0 amide bonds. The molecule has 0 aliphatic rings. The third-order valence-electron chi connectivity index (χ3n) is 3.61. The molecule has 26 heavy (non-hydrogen) atoms. The lowest BCUT2D eigenvalue weighted by Crippen LogP contribution is -2.23. The number of nitro groups is 1. The van der Waals surface area contributed by atoms with Gasteiger partial charge in [0.15, 0.2) is 17.6 Å². The quantitative estimate of drug-likeness (QED) is 0.460. The van der Waals surface area contributed by atoms with Crippen molar-refractivity contribution in [2.45, 2.75) is 20.0 Å². The average molecular weight is 358 g/mol. The summed E-state index contributed by atoms with van der Waals surface area (Å²) in [7, 11) is 1.44. The summed E-state index contributed by atoms with van der Waals surface area (Å²) in [6.45, 7) is 3.05. The Hall–Kier alpha value is -3.42. The average Bonchev–Trinajstić information content (AvgIpc) is 2.61. The van der Waals surface area contributed by atoms with Gasteiger partial charge in [-0.05, 0) is 32.0 Å². The SMILES string of the molecule is COc1cccc(C=Nc2ccc(C)c([N+](=O)[O-])c2)c1O[C@@H](C)C(=O)O. The van der Waals surface area contributed by atoms with Crippen molar-refractivity contribution in [3.05, 3.63) is 57.6 Å². The number of carboxylic acids is 1. The first-order valence-corrected chi connectivity index (χ1v) is 7.69. The second-order valence-corrected chi connectivity index (χ2v) is 5.46. The Morgan fingerprint density at radius 1 is 1.35 bits per heavy atom. The first-order chi connectivity index (χ1) is 12.3. The molecule has 1 atom stereocenters. The molecule has 1 N–H and O–H groups in total. The first-order valence-electron chi connectivity index (χ1n) is 7.69. The third-order valence-corrected chi connectivity index (χ3v) is 3.61. The Bertz CT molecular complexity index is 863. The molecule has 0 aliphatic heterocycles. The Morgan fingerprint density at radius 3 is 2.69 bits per heavy atom. The van der Waals surface area contributed by atoms with E-state index in [-0.39, 0.29) is 11.4 Å². The van der Waals surface area contributed by atoms with Gasteiger partial charge in [-0.3, -0.25) is 15.1 Å². The van der Waals surface area contributed by atoms with Crippen molar-refractivity contribution in [3.63, 3.8) is 0 Å². The lowest BCUT2D eigenvalue weighted by molar-refractivity contribution is -0.385. The van der Waals surface area contributed by atoms with Gasteiger partial charge in [0.05, 0.1) is 17.7 Å². The summed E-state index contributed by atoms with van der Waals surface area (Å²) in [6, 6.07) is 9.65. The number of methoxy groups -OCH3 is 1. The number of hydrogen-bond donors (Lipinski definition) is 1. The van der Waals surface area contributed by atoms with Crippen molar-refractivity contribution >= 4 is 23.6 Å². The van der Waals surface area contributed by atoms with Crippen LogP contribution < -0.4 is 9.47 Å². The summed E-state index contributed by atoms with van der Waals surface area (Å²) in [5.41, 5.74) is 1.39. The maximum atomic E-state index is 11.1. The van der Waals surface area contributed by atoms with E-state index in [1.807, 2.05) is 0 Å². The number of benzene rings is 2. The number of nitro benzene ring substituents is 1. The molecule has 0 bridgehead atoms. The second-order valence-electron chi connectivity index (χ2n) is 5.46. The molecule has 0 saturated carbocycles.